The molecule has 3 aromatic rings. The molecule has 3 rings (SSSR count). The van der Waals surface area contributed by atoms with E-state index in [9.17, 15) is 9.59 Å². The number of tetrazole rings is 1. The van der Waals surface area contributed by atoms with Crippen LogP contribution in [-0.4, -0.2) is 50.1 Å². The maximum Gasteiger partial charge on any atom is 0.280 e. The van der Waals surface area contributed by atoms with Gasteiger partial charge in [0.25, 0.3) is 11.5 Å². The number of nitrogens with one attached hydrogen (secondary N) is 1. The Bertz CT molecular complexity index is 1110. The quantitative estimate of drug-likeness (QED) is 0.663. The normalized spacial score (nSPS) is 10.6. The smallest absolute Gasteiger partial charge is 0.280 e. The molecule has 0 atom stereocenters. The van der Waals surface area contributed by atoms with Gasteiger partial charge in [0, 0.05) is 14.1 Å². The topological polar surface area (TPSA) is 126 Å². The minimum absolute atomic E-state index is 0.0985. The molecule has 0 aliphatic carbocycles. The van der Waals surface area contributed by atoms with Gasteiger partial charge in [-0.15, -0.1) is 0 Å². The molecule has 0 aliphatic heterocycles. The lowest BCUT2D eigenvalue weighted by Gasteiger charge is -2.13. The van der Waals surface area contributed by atoms with Crippen molar-refractivity contribution in [3.8, 4) is 22.6 Å². The van der Waals surface area contributed by atoms with Gasteiger partial charge in [-0.25, -0.2) is 9.36 Å². The number of rotatable bonds is 5. The summed E-state index contributed by atoms with van der Waals surface area (Å²) in [4.78, 5) is 25.3. The van der Waals surface area contributed by atoms with E-state index in [0.29, 0.717) is 17.1 Å². The zero-order valence-electron chi connectivity index (χ0n) is 15.4. The number of carbonyl (C=O) groups excluding carboxylic acids is 1. The van der Waals surface area contributed by atoms with Crippen molar-refractivity contribution in [2.75, 3.05) is 19.5 Å². The second-order valence-corrected chi connectivity index (χ2v) is 5.99. The molecule has 0 spiro atoms. The van der Waals surface area contributed by atoms with Gasteiger partial charge in [0.1, 0.15) is 0 Å². The highest BCUT2D eigenvalue weighted by molar-refractivity contribution is 6.36. The lowest BCUT2D eigenvalue weighted by atomic mass is 10.1. The highest BCUT2D eigenvalue weighted by Gasteiger charge is 2.23. The number of benzene rings is 1. The molecular formula is C16H16ClN7O4. The molecule has 12 heteroatoms. The number of nitrogens with zero attached hydrogens (tertiary/aromatic N) is 6. The summed E-state index contributed by atoms with van der Waals surface area (Å²) in [6, 6.07) is 4.86. The van der Waals surface area contributed by atoms with E-state index in [1.165, 1.54) is 25.9 Å². The van der Waals surface area contributed by atoms with Crippen molar-refractivity contribution in [3.63, 3.8) is 0 Å². The van der Waals surface area contributed by atoms with Gasteiger partial charge in [-0.3, -0.25) is 14.9 Å². The summed E-state index contributed by atoms with van der Waals surface area (Å²) in [5, 5.41) is 17.1. The molecule has 0 fully saturated rings. The van der Waals surface area contributed by atoms with Gasteiger partial charge < -0.3 is 9.47 Å². The third kappa shape index (κ3) is 3.39. The van der Waals surface area contributed by atoms with Crippen LogP contribution in [0.4, 0.5) is 5.95 Å². The van der Waals surface area contributed by atoms with Crippen LogP contribution >= 0.6 is 11.6 Å². The third-order valence-electron chi connectivity index (χ3n) is 3.92. The first-order valence-electron chi connectivity index (χ1n) is 7.90. The Labute approximate surface area is 163 Å². The number of aromatic nitrogens is 6. The minimum Gasteiger partial charge on any atom is -0.493 e. The number of carbonyl (C=O) groups is 1. The number of hydrogen-bond donors (Lipinski definition) is 1. The highest BCUT2D eigenvalue weighted by Crippen LogP contribution is 2.34. The zero-order valence-corrected chi connectivity index (χ0v) is 16.2. The monoisotopic (exact) mass is 405 g/mol. The van der Waals surface area contributed by atoms with Crippen molar-refractivity contribution in [1.82, 2.24) is 30.0 Å². The summed E-state index contributed by atoms with van der Waals surface area (Å²) in [6.07, 6.45) is 0. The Morgan fingerprint density at radius 1 is 1.14 bits per heavy atom. The average Bonchev–Trinajstić information content (AvgIpc) is 3.09. The van der Waals surface area contributed by atoms with Crippen LogP contribution in [0.5, 0.6) is 11.5 Å². The molecule has 0 saturated carbocycles. The molecule has 11 nitrogen and oxygen atoms in total. The van der Waals surface area contributed by atoms with Crippen molar-refractivity contribution in [2.24, 2.45) is 14.1 Å². The summed E-state index contributed by atoms with van der Waals surface area (Å²) in [5.41, 5.74) is -0.0907. The van der Waals surface area contributed by atoms with E-state index < -0.39 is 11.5 Å². The number of aryl methyl sites for hydroxylation is 2. The number of anilines is 1. The molecule has 0 radical (unpaired) electrons. The van der Waals surface area contributed by atoms with E-state index in [1.807, 2.05) is 0 Å². The van der Waals surface area contributed by atoms with Crippen molar-refractivity contribution < 1.29 is 14.3 Å². The summed E-state index contributed by atoms with van der Waals surface area (Å²) in [7, 11) is 5.95. The first-order valence-corrected chi connectivity index (χ1v) is 8.28. The number of amides is 1. The summed E-state index contributed by atoms with van der Waals surface area (Å²) < 4.78 is 12.8. The van der Waals surface area contributed by atoms with Crippen LogP contribution in [0, 0.1) is 0 Å². The fourth-order valence-electron chi connectivity index (χ4n) is 2.50. The first kappa shape index (κ1) is 19.3. The number of hydrogen-bond acceptors (Lipinski definition) is 8. The summed E-state index contributed by atoms with van der Waals surface area (Å²) in [5.74, 6) is 0.330. The standard InChI is InChI=1S/C16H16ClN7O4/c1-23-15(26)11(8-5-6-9(27-3)10(7-8)28-4)12(17)13(20-23)14(25)18-16-19-21-22-24(16)2/h5-7H,1-4H3,(H,18,19,22,25). The SMILES string of the molecule is COc1ccc(-c2c(Cl)c(C(=O)Nc3nnnn3C)nn(C)c2=O)cc1OC. The van der Waals surface area contributed by atoms with Gasteiger partial charge in [-0.05, 0) is 28.1 Å². The summed E-state index contributed by atoms with van der Waals surface area (Å²) in [6.45, 7) is 0. The van der Waals surface area contributed by atoms with Gasteiger partial charge >= 0.3 is 0 Å². The third-order valence-corrected chi connectivity index (χ3v) is 4.29. The second-order valence-electron chi connectivity index (χ2n) is 5.62. The Morgan fingerprint density at radius 3 is 2.46 bits per heavy atom. The Balaban J connectivity index is 2.12. The van der Waals surface area contributed by atoms with Gasteiger partial charge in [0.2, 0.25) is 5.95 Å². The van der Waals surface area contributed by atoms with E-state index in [-0.39, 0.29) is 22.2 Å². The average molecular weight is 406 g/mol. The fourth-order valence-corrected chi connectivity index (χ4v) is 2.81. The number of methoxy groups -OCH3 is 2. The van der Waals surface area contributed by atoms with Crippen molar-refractivity contribution in [2.45, 2.75) is 0 Å². The van der Waals surface area contributed by atoms with Gasteiger partial charge in [-0.2, -0.15) is 5.10 Å². The Morgan fingerprint density at radius 2 is 1.86 bits per heavy atom. The van der Waals surface area contributed by atoms with Gasteiger partial charge in [-0.1, -0.05) is 22.8 Å². The van der Waals surface area contributed by atoms with Crippen LogP contribution in [0.3, 0.4) is 0 Å². The minimum atomic E-state index is -0.666. The predicted molar refractivity (Wildman–Crippen MR) is 99.8 cm³/mol. The van der Waals surface area contributed by atoms with Gasteiger partial charge in [0.15, 0.2) is 17.2 Å². The van der Waals surface area contributed by atoms with E-state index >= 15 is 0 Å². The van der Waals surface area contributed by atoms with Crippen LogP contribution in [0.15, 0.2) is 23.0 Å². The molecule has 28 heavy (non-hydrogen) atoms. The van der Waals surface area contributed by atoms with Crippen LogP contribution in [0.2, 0.25) is 5.02 Å². The molecule has 0 saturated heterocycles. The van der Waals surface area contributed by atoms with E-state index in [1.54, 1.807) is 25.2 Å². The fraction of sp³-hybridized carbons (Fsp3) is 0.250. The molecule has 146 valence electrons. The molecule has 2 aromatic heterocycles. The lowest BCUT2D eigenvalue weighted by molar-refractivity contribution is 0.101. The number of ether oxygens (including phenoxy) is 2. The van der Waals surface area contributed by atoms with E-state index in [4.69, 9.17) is 21.1 Å². The summed E-state index contributed by atoms with van der Waals surface area (Å²) >= 11 is 6.40. The van der Waals surface area contributed by atoms with Crippen LogP contribution in [-0.2, 0) is 14.1 Å². The Kier molecular flexibility index (Phi) is 5.27. The maximum atomic E-state index is 12.7. The van der Waals surface area contributed by atoms with Gasteiger partial charge in [0.05, 0.1) is 24.8 Å². The largest absolute Gasteiger partial charge is 0.493 e. The predicted octanol–water partition coefficient (Wildman–Crippen LogP) is 0.894. The maximum absolute atomic E-state index is 12.7. The number of halogens is 1. The molecule has 0 aliphatic rings. The molecule has 1 aromatic carbocycles. The molecule has 1 N–H and O–H groups in total. The van der Waals surface area contributed by atoms with Crippen LogP contribution < -0.4 is 20.3 Å². The zero-order chi connectivity index (χ0) is 20.4. The Hall–Kier alpha value is -3.47. The van der Waals surface area contributed by atoms with Crippen molar-refractivity contribution in [3.05, 3.63) is 39.3 Å². The van der Waals surface area contributed by atoms with Crippen LogP contribution in [0.1, 0.15) is 10.5 Å². The van der Waals surface area contributed by atoms with E-state index in [2.05, 4.69) is 25.9 Å². The second kappa shape index (κ2) is 7.64. The molecule has 0 unspecified atom stereocenters. The van der Waals surface area contributed by atoms with Crippen molar-refractivity contribution in [1.29, 1.82) is 0 Å². The first-order chi connectivity index (χ1) is 13.4. The lowest BCUT2D eigenvalue weighted by Crippen LogP contribution is -2.27. The molecular weight excluding hydrogens is 390 g/mol. The molecule has 1 amide bonds. The molecule has 2 heterocycles. The highest BCUT2D eigenvalue weighted by atomic mass is 35.5. The van der Waals surface area contributed by atoms with Crippen LogP contribution in [0.25, 0.3) is 11.1 Å². The molecule has 0 bridgehead atoms. The van der Waals surface area contributed by atoms with Crippen molar-refractivity contribution >= 4 is 23.5 Å². The van der Waals surface area contributed by atoms with E-state index in [0.717, 1.165) is 4.68 Å².